The van der Waals surface area contributed by atoms with Crippen LogP contribution in [0.1, 0.15) is 58.3 Å². The Hall–Kier alpha value is -1.80. The van der Waals surface area contributed by atoms with Crippen LogP contribution in [0.25, 0.3) is 0 Å². The molecule has 0 bridgehead atoms. The quantitative estimate of drug-likeness (QED) is 0.388. The van der Waals surface area contributed by atoms with Crippen molar-refractivity contribution in [2.75, 3.05) is 6.54 Å². The topological polar surface area (TPSA) is 77.8 Å². The summed E-state index contributed by atoms with van der Waals surface area (Å²) in [4.78, 5) is 24.2. The van der Waals surface area contributed by atoms with Gasteiger partial charge in [0, 0.05) is 25.8 Å². The molecular formula is C18H27NO4. The first-order valence-corrected chi connectivity index (χ1v) is 8.40. The van der Waals surface area contributed by atoms with E-state index < -0.39 is 12.1 Å². The largest absolute Gasteiger partial charge is 0.481 e. The molecule has 1 heterocycles. The molecular weight excluding hydrogens is 294 g/mol. The van der Waals surface area contributed by atoms with Crippen molar-refractivity contribution >= 4 is 11.9 Å². The van der Waals surface area contributed by atoms with Crippen LogP contribution in [0.5, 0.6) is 0 Å². The molecule has 0 radical (unpaired) electrons. The van der Waals surface area contributed by atoms with Crippen molar-refractivity contribution in [3.05, 3.63) is 12.2 Å². The van der Waals surface area contributed by atoms with Crippen molar-refractivity contribution in [2.45, 2.75) is 70.4 Å². The molecule has 1 rings (SSSR count). The lowest BCUT2D eigenvalue weighted by Crippen LogP contribution is -2.32. The normalized spacial score (nSPS) is 19.0. The monoisotopic (exact) mass is 321 g/mol. The van der Waals surface area contributed by atoms with Crippen LogP contribution in [-0.4, -0.2) is 45.7 Å². The number of aliphatic hydroxyl groups is 1. The lowest BCUT2D eigenvalue weighted by molar-refractivity contribution is -0.137. The molecule has 1 aliphatic heterocycles. The summed E-state index contributed by atoms with van der Waals surface area (Å²) in [5, 5.41) is 18.3. The summed E-state index contributed by atoms with van der Waals surface area (Å²) in [5.74, 6) is 4.95. The number of unbranched alkanes of at least 4 members (excludes halogenated alkanes) is 3. The number of carbonyl (C=O) groups is 2. The number of rotatable bonds is 9. The molecule has 2 atom stereocenters. The Balaban J connectivity index is 2.35. The predicted octanol–water partition coefficient (Wildman–Crippen LogP) is 2.34. The average molecular weight is 321 g/mol. The standard InChI is InChI=1S/C18H27NO4/c1-2-3-8-16(20)12-10-15-11-13-17(21)19(15)14-7-5-4-6-9-18(22)23/h10,12,15-16,20H,2,4-7,9,11,13-14H2,1H3,(H,22,23)/b12-10+/t15-,16+/m0/s1. The molecule has 128 valence electrons. The minimum absolute atomic E-state index is 0.0413. The van der Waals surface area contributed by atoms with E-state index in [0.29, 0.717) is 25.8 Å². The molecule has 0 unspecified atom stereocenters. The summed E-state index contributed by atoms with van der Waals surface area (Å²) in [6.07, 6.45) is 8.39. The summed E-state index contributed by atoms with van der Waals surface area (Å²) in [6, 6.07) is 0.0413. The Labute approximate surface area is 138 Å². The summed E-state index contributed by atoms with van der Waals surface area (Å²) in [5.41, 5.74) is 0. The van der Waals surface area contributed by atoms with Crippen LogP contribution in [0.15, 0.2) is 12.2 Å². The Morgan fingerprint density at radius 1 is 1.39 bits per heavy atom. The van der Waals surface area contributed by atoms with E-state index in [1.54, 1.807) is 6.08 Å². The third-order valence-corrected chi connectivity index (χ3v) is 3.86. The number of carbonyl (C=O) groups excluding carboxylic acids is 1. The minimum Gasteiger partial charge on any atom is -0.481 e. The van der Waals surface area contributed by atoms with Crippen LogP contribution in [0.2, 0.25) is 0 Å². The second kappa shape index (κ2) is 10.8. The second-order valence-corrected chi connectivity index (χ2v) is 5.76. The molecule has 0 spiro atoms. The lowest BCUT2D eigenvalue weighted by Gasteiger charge is -2.22. The van der Waals surface area contributed by atoms with E-state index in [1.807, 2.05) is 17.9 Å². The highest BCUT2D eigenvalue weighted by Crippen LogP contribution is 2.21. The van der Waals surface area contributed by atoms with Gasteiger partial charge in [-0.2, -0.15) is 0 Å². The molecule has 23 heavy (non-hydrogen) atoms. The number of likely N-dealkylation sites (tertiary alicyclic amines) is 1. The molecule has 5 heteroatoms. The van der Waals surface area contributed by atoms with Gasteiger partial charge in [-0.1, -0.05) is 31.8 Å². The number of carboxylic acids is 1. The fourth-order valence-electron chi connectivity index (χ4n) is 2.65. The van der Waals surface area contributed by atoms with Gasteiger partial charge in [0.2, 0.25) is 5.91 Å². The van der Waals surface area contributed by atoms with Gasteiger partial charge < -0.3 is 15.1 Å². The second-order valence-electron chi connectivity index (χ2n) is 5.76. The van der Waals surface area contributed by atoms with Crippen molar-refractivity contribution in [2.24, 2.45) is 0 Å². The number of nitrogens with zero attached hydrogens (tertiary/aromatic N) is 1. The fraction of sp³-hybridized carbons (Fsp3) is 0.667. The van der Waals surface area contributed by atoms with E-state index >= 15 is 0 Å². The molecule has 0 aliphatic carbocycles. The van der Waals surface area contributed by atoms with Gasteiger partial charge in [-0.05, 0) is 25.3 Å². The maximum Gasteiger partial charge on any atom is 0.303 e. The maximum absolute atomic E-state index is 11.9. The van der Waals surface area contributed by atoms with E-state index in [4.69, 9.17) is 5.11 Å². The van der Waals surface area contributed by atoms with Gasteiger partial charge in [0.15, 0.2) is 0 Å². The molecule has 1 amide bonds. The molecule has 1 saturated heterocycles. The molecule has 1 fully saturated rings. The van der Waals surface area contributed by atoms with Crippen LogP contribution in [0.3, 0.4) is 0 Å². The molecule has 0 aromatic rings. The van der Waals surface area contributed by atoms with Crippen LogP contribution in [0, 0.1) is 11.8 Å². The Kier molecular flexibility index (Phi) is 9.08. The first kappa shape index (κ1) is 19.2. The van der Waals surface area contributed by atoms with Gasteiger partial charge >= 0.3 is 5.97 Å². The highest BCUT2D eigenvalue weighted by Gasteiger charge is 2.28. The third-order valence-electron chi connectivity index (χ3n) is 3.86. The zero-order valence-electron chi connectivity index (χ0n) is 13.8. The zero-order valence-corrected chi connectivity index (χ0v) is 13.8. The van der Waals surface area contributed by atoms with Gasteiger partial charge in [-0.25, -0.2) is 0 Å². The predicted molar refractivity (Wildman–Crippen MR) is 88.7 cm³/mol. The van der Waals surface area contributed by atoms with Crippen molar-refractivity contribution in [3.8, 4) is 11.8 Å². The van der Waals surface area contributed by atoms with Crippen molar-refractivity contribution in [1.82, 2.24) is 4.90 Å². The average Bonchev–Trinajstić information content (AvgIpc) is 2.86. The molecule has 5 nitrogen and oxygen atoms in total. The van der Waals surface area contributed by atoms with E-state index in [0.717, 1.165) is 25.7 Å². The van der Waals surface area contributed by atoms with Crippen molar-refractivity contribution < 1.29 is 19.8 Å². The smallest absolute Gasteiger partial charge is 0.303 e. The Morgan fingerprint density at radius 2 is 2.13 bits per heavy atom. The molecule has 2 N–H and O–H groups in total. The highest BCUT2D eigenvalue weighted by molar-refractivity contribution is 5.79. The molecule has 0 saturated carbocycles. The lowest BCUT2D eigenvalue weighted by atomic mass is 10.1. The van der Waals surface area contributed by atoms with Crippen LogP contribution >= 0.6 is 0 Å². The third kappa shape index (κ3) is 7.85. The summed E-state index contributed by atoms with van der Waals surface area (Å²) in [6.45, 7) is 2.62. The zero-order chi connectivity index (χ0) is 17.1. The Morgan fingerprint density at radius 3 is 2.83 bits per heavy atom. The molecule has 0 aromatic carbocycles. The summed E-state index contributed by atoms with van der Waals surface area (Å²) < 4.78 is 0. The summed E-state index contributed by atoms with van der Waals surface area (Å²) >= 11 is 0. The van der Waals surface area contributed by atoms with Crippen LogP contribution in [-0.2, 0) is 9.59 Å². The van der Waals surface area contributed by atoms with E-state index in [9.17, 15) is 14.7 Å². The fourth-order valence-corrected chi connectivity index (χ4v) is 2.65. The maximum atomic E-state index is 11.9. The van der Waals surface area contributed by atoms with E-state index in [1.165, 1.54) is 0 Å². The number of hydrogen-bond acceptors (Lipinski definition) is 3. The van der Waals surface area contributed by atoms with Gasteiger partial charge in [0.25, 0.3) is 0 Å². The Bertz CT molecular complexity index is 475. The van der Waals surface area contributed by atoms with E-state index in [2.05, 4.69) is 11.8 Å². The van der Waals surface area contributed by atoms with Crippen molar-refractivity contribution in [1.29, 1.82) is 0 Å². The molecule has 1 aliphatic rings. The number of amides is 1. The number of aliphatic carboxylic acids is 1. The van der Waals surface area contributed by atoms with Crippen LogP contribution < -0.4 is 0 Å². The van der Waals surface area contributed by atoms with Gasteiger partial charge in [-0.15, -0.1) is 5.92 Å². The number of hydrogen-bond donors (Lipinski definition) is 2. The van der Waals surface area contributed by atoms with Gasteiger partial charge in [0.05, 0.1) is 6.04 Å². The first-order valence-electron chi connectivity index (χ1n) is 8.40. The SMILES string of the molecule is CCC#C[C@@H](O)/C=C/[C@H]1CCC(=O)N1CCCCCCC(=O)O. The van der Waals surface area contributed by atoms with Gasteiger partial charge in [-0.3, -0.25) is 9.59 Å². The first-order chi connectivity index (χ1) is 11.0. The van der Waals surface area contributed by atoms with Crippen LogP contribution in [0.4, 0.5) is 0 Å². The summed E-state index contributed by atoms with van der Waals surface area (Å²) in [7, 11) is 0. The highest BCUT2D eigenvalue weighted by atomic mass is 16.4. The number of carboxylic acid groups (broad SMARTS) is 1. The number of aliphatic hydroxyl groups excluding tert-OH is 1. The molecule has 0 aromatic heterocycles. The van der Waals surface area contributed by atoms with Crippen molar-refractivity contribution in [3.63, 3.8) is 0 Å². The minimum atomic E-state index is -0.775. The van der Waals surface area contributed by atoms with E-state index in [-0.39, 0.29) is 18.4 Å². The van der Waals surface area contributed by atoms with Gasteiger partial charge in [0.1, 0.15) is 6.10 Å².